The van der Waals surface area contributed by atoms with Crippen LogP contribution in [0.3, 0.4) is 0 Å². The van der Waals surface area contributed by atoms with Gasteiger partial charge in [-0.2, -0.15) is 0 Å². The Morgan fingerprint density at radius 1 is 1.67 bits per heavy atom. The van der Waals surface area contributed by atoms with E-state index in [0.717, 1.165) is 6.42 Å². The van der Waals surface area contributed by atoms with Gasteiger partial charge in [-0.1, -0.05) is 6.92 Å². The molecule has 1 amide bonds. The maximum absolute atomic E-state index is 12.5. The van der Waals surface area contributed by atoms with Crippen molar-refractivity contribution in [1.82, 2.24) is 9.88 Å². The third-order valence-electron chi connectivity index (χ3n) is 3.22. The van der Waals surface area contributed by atoms with Crippen LogP contribution >= 0.6 is 0 Å². The molecule has 1 aromatic rings. The van der Waals surface area contributed by atoms with Gasteiger partial charge in [0, 0.05) is 25.4 Å². The summed E-state index contributed by atoms with van der Waals surface area (Å²) in [4.78, 5) is 18.5. The third kappa shape index (κ3) is 2.61. The number of anilines is 1. The summed E-state index contributed by atoms with van der Waals surface area (Å²) >= 11 is 0. The summed E-state index contributed by atoms with van der Waals surface area (Å²) in [5, 5.41) is 2.94. The number of morpholine rings is 1. The van der Waals surface area contributed by atoms with E-state index in [2.05, 4.69) is 17.2 Å². The molecule has 0 unspecified atom stereocenters. The molecule has 0 saturated carbocycles. The maximum Gasteiger partial charge on any atom is 0.254 e. The van der Waals surface area contributed by atoms with E-state index >= 15 is 0 Å². The largest absolute Gasteiger partial charge is 0.377 e. The van der Waals surface area contributed by atoms with Gasteiger partial charge in [0.05, 0.1) is 19.3 Å². The normalized spacial score (nSPS) is 19.7. The number of aromatic nitrogens is 1. The van der Waals surface area contributed by atoms with Gasteiger partial charge in [-0.3, -0.25) is 4.79 Å². The number of hydrogen-bond acceptors (Lipinski definition) is 4. The van der Waals surface area contributed by atoms with Crippen molar-refractivity contribution < 1.29 is 9.53 Å². The lowest BCUT2D eigenvalue weighted by Gasteiger charge is -2.35. The first-order valence-corrected chi connectivity index (χ1v) is 6.28. The monoisotopic (exact) mass is 249 g/mol. The Balaban J connectivity index is 2.18. The predicted molar refractivity (Wildman–Crippen MR) is 69.7 cm³/mol. The molecule has 0 aliphatic carbocycles. The van der Waals surface area contributed by atoms with Gasteiger partial charge in [-0.05, 0) is 18.6 Å². The molecular weight excluding hydrogens is 230 g/mol. The minimum atomic E-state index is 0.0593. The Kier molecular flexibility index (Phi) is 4.15. The average Bonchev–Trinajstić information content (AvgIpc) is 2.46. The van der Waals surface area contributed by atoms with Crippen molar-refractivity contribution in [3.8, 4) is 0 Å². The van der Waals surface area contributed by atoms with Crippen molar-refractivity contribution in [2.24, 2.45) is 0 Å². The molecule has 0 radical (unpaired) electrons. The maximum atomic E-state index is 12.5. The molecule has 1 saturated heterocycles. The summed E-state index contributed by atoms with van der Waals surface area (Å²) in [6, 6.07) is 3.72. The van der Waals surface area contributed by atoms with Crippen LogP contribution in [-0.4, -0.2) is 48.6 Å². The van der Waals surface area contributed by atoms with E-state index in [1.165, 1.54) is 0 Å². The number of hydrogen-bond donors (Lipinski definition) is 1. The molecule has 1 aromatic heterocycles. The number of ether oxygens (including phenoxy) is 1. The summed E-state index contributed by atoms with van der Waals surface area (Å²) in [6.07, 6.45) is 2.57. The number of pyridine rings is 1. The summed E-state index contributed by atoms with van der Waals surface area (Å²) < 4.78 is 5.42. The Morgan fingerprint density at radius 2 is 2.50 bits per heavy atom. The number of carbonyl (C=O) groups is 1. The van der Waals surface area contributed by atoms with E-state index in [9.17, 15) is 4.79 Å². The molecule has 98 valence electrons. The molecule has 5 nitrogen and oxygen atoms in total. The van der Waals surface area contributed by atoms with E-state index < -0.39 is 0 Å². The molecule has 1 atom stereocenters. The van der Waals surface area contributed by atoms with Gasteiger partial charge in [-0.15, -0.1) is 0 Å². The van der Waals surface area contributed by atoms with Crippen LogP contribution in [0.4, 0.5) is 5.82 Å². The SMILES string of the molecule is CC[C@H]1COCCN1C(=O)c1ccnc(NC)c1. The highest BCUT2D eigenvalue weighted by Gasteiger charge is 2.26. The van der Waals surface area contributed by atoms with E-state index in [-0.39, 0.29) is 11.9 Å². The van der Waals surface area contributed by atoms with Crippen LogP contribution in [-0.2, 0) is 4.74 Å². The number of carbonyl (C=O) groups excluding carboxylic acids is 1. The van der Waals surface area contributed by atoms with Crippen LogP contribution in [0, 0.1) is 0 Å². The Morgan fingerprint density at radius 3 is 3.22 bits per heavy atom. The zero-order valence-electron chi connectivity index (χ0n) is 10.8. The standard InChI is InChI=1S/C13H19N3O2/c1-3-11-9-18-7-6-16(11)13(17)10-4-5-15-12(8-10)14-2/h4-5,8,11H,3,6-7,9H2,1-2H3,(H,14,15)/t11-/m0/s1. The highest BCUT2D eigenvalue weighted by Crippen LogP contribution is 2.16. The molecule has 1 aliphatic rings. The van der Waals surface area contributed by atoms with E-state index in [0.29, 0.717) is 31.1 Å². The summed E-state index contributed by atoms with van der Waals surface area (Å²) in [5.74, 6) is 0.770. The molecule has 1 N–H and O–H groups in total. The van der Waals surface area contributed by atoms with E-state index in [4.69, 9.17) is 4.74 Å². The average molecular weight is 249 g/mol. The number of rotatable bonds is 3. The van der Waals surface area contributed by atoms with Crippen molar-refractivity contribution in [3.63, 3.8) is 0 Å². The third-order valence-corrected chi connectivity index (χ3v) is 3.22. The lowest BCUT2D eigenvalue weighted by molar-refractivity contribution is -0.00279. The summed E-state index contributed by atoms with van der Waals surface area (Å²) in [6.45, 7) is 3.98. The van der Waals surface area contributed by atoms with Crippen molar-refractivity contribution in [1.29, 1.82) is 0 Å². The van der Waals surface area contributed by atoms with Crippen LogP contribution in [0.5, 0.6) is 0 Å². The lowest BCUT2D eigenvalue weighted by Crippen LogP contribution is -2.48. The summed E-state index contributed by atoms with van der Waals surface area (Å²) in [5.41, 5.74) is 0.676. The van der Waals surface area contributed by atoms with Crippen molar-refractivity contribution in [2.75, 3.05) is 32.1 Å². The lowest BCUT2D eigenvalue weighted by atomic mass is 10.1. The second kappa shape index (κ2) is 5.82. The molecule has 2 heterocycles. The molecule has 1 aliphatic heterocycles. The van der Waals surface area contributed by atoms with Crippen LogP contribution in [0.25, 0.3) is 0 Å². The number of nitrogens with zero attached hydrogens (tertiary/aromatic N) is 2. The Bertz CT molecular complexity index is 422. The van der Waals surface area contributed by atoms with Gasteiger partial charge >= 0.3 is 0 Å². The van der Waals surface area contributed by atoms with Crippen molar-refractivity contribution >= 4 is 11.7 Å². The van der Waals surface area contributed by atoms with Gasteiger partial charge in [0.25, 0.3) is 5.91 Å². The molecule has 0 bridgehead atoms. The van der Waals surface area contributed by atoms with Crippen molar-refractivity contribution in [2.45, 2.75) is 19.4 Å². The van der Waals surface area contributed by atoms with Crippen LogP contribution in [0.1, 0.15) is 23.7 Å². The zero-order chi connectivity index (χ0) is 13.0. The number of amides is 1. The first kappa shape index (κ1) is 12.8. The fourth-order valence-electron chi connectivity index (χ4n) is 2.13. The minimum absolute atomic E-state index is 0.0593. The van der Waals surface area contributed by atoms with E-state index in [1.54, 1.807) is 25.4 Å². The fourth-order valence-corrected chi connectivity index (χ4v) is 2.13. The molecule has 0 aromatic carbocycles. The molecule has 5 heteroatoms. The quantitative estimate of drug-likeness (QED) is 0.879. The smallest absolute Gasteiger partial charge is 0.254 e. The van der Waals surface area contributed by atoms with Gasteiger partial charge in [0.15, 0.2) is 0 Å². The van der Waals surface area contributed by atoms with Gasteiger partial charge in [-0.25, -0.2) is 4.98 Å². The Hall–Kier alpha value is -1.62. The second-order valence-corrected chi connectivity index (χ2v) is 4.32. The topological polar surface area (TPSA) is 54.5 Å². The van der Waals surface area contributed by atoms with Gasteiger partial charge < -0.3 is 15.0 Å². The molecular formula is C13H19N3O2. The first-order chi connectivity index (χ1) is 8.76. The minimum Gasteiger partial charge on any atom is -0.377 e. The fraction of sp³-hybridized carbons (Fsp3) is 0.538. The Labute approximate surface area is 107 Å². The number of nitrogens with one attached hydrogen (secondary N) is 1. The highest BCUT2D eigenvalue weighted by atomic mass is 16.5. The molecule has 18 heavy (non-hydrogen) atoms. The summed E-state index contributed by atoms with van der Waals surface area (Å²) in [7, 11) is 1.79. The molecule has 0 spiro atoms. The predicted octanol–water partition coefficient (Wildman–Crippen LogP) is 1.37. The highest BCUT2D eigenvalue weighted by molar-refractivity contribution is 5.95. The molecule has 2 rings (SSSR count). The molecule has 1 fully saturated rings. The van der Waals surface area contributed by atoms with E-state index in [1.807, 2.05) is 4.90 Å². The van der Waals surface area contributed by atoms with Crippen molar-refractivity contribution in [3.05, 3.63) is 23.9 Å². The van der Waals surface area contributed by atoms with Gasteiger partial charge in [0.1, 0.15) is 5.82 Å². The van der Waals surface area contributed by atoms with Crippen LogP contribution in [0.2, 0.25) is 0 Å². The van der Waals surface area contributed by atoms with Gasteiger partial charge in [0.2, 0.25) is 0 Å². The second-order valence-electron chi connectivity index (χ2n) is 4.32. The first-order valence-electron chi connectivity index (χ1n) is 6.28. The van der Waals surface area contributed by atoms with Crippen LogP contribution < -0.4 is 5.32 Å². The van der Waals surface area contributed by atoms with Crippen LogP contribution in [0.15, 0.2) is 18.3 Å². The zero-order valence-corrected chi connectivity index (χ0v) is 10.8.